The summed E-state index contributed by atoms with van der Waals surface area (Å²) in [5.74, 6) is -2.00. The Bertz CT molecular complexity index is 1400. The highest BCUT2D eigenvalue weighted by atomic mass is 16.5. The highest BCUT2D eigenvalue weighted by Gasteiger charge is 2.35. The number of rotatable bonds is 7. The van der Waals surface area contributed by atoms with Crippen LogP contribution in [0.1, 0.15) is 50.3 Å². The van der Waals surface area contributed by atoms with E-state index < -0.39 is 29.3 Å². The van der Waals surface area contributed by atoms with Crippen LogP contribution >= 0.6 is 0 Å². The summed E-state index contributed by atoms with van der Waals surface area (Å²) < 4.78 is 16.0. The first-order valence-corrected chi connectivity index (χ1v) is 11.5. The van der Waals surface area contributed by atoms with Crippen LogP contribution in [0.15, 0.2) is 57.7 Å². The number of nitrogens with zero attached hydrogens (tertiary/aromatic N) is 1. The van der Waals surface area contributed by atoms with E-state index in [1.807, 2.05) is 0 Å². The van der Waals surface area contributed by atoms with Crippen molar-refractivity contribution in [3.8, 4) is 5.75 Å². The maximum Gasteiger partial charge on any atom is 0.349 e. The SMILES string of the molecule is O=C(CCN1C(=O)c2ccccc2C1=O)Oc1ccc2cc(C(=O)NCC3CCCO3)c(=O)oc2c1. The third kappa shape index (κ3) is 4.63. The number of esters is 1. The largest absolute Gasteiger partial charge is 0.426 e. The first kappa shape index (κ1) is 23.4. The van der Waals surface area contributed by atoms with Gasteiger partial charge in [-0.05, 0) is 43.2 Å². The second-order valence-electron chi connectivity index (χ2n) is 8.52. The third-order valence-electron chi connectivity index (χ3n) is 6.12. The molecule has 0 bridgehead atoms. The van der Waals surface area contributed by atoms with Gasteiger partial charge in [0.1, 0.15) is 16.9 Å². The number of amides is 3. The second-order valence-corrected chi connectivity index (χ2v) is 8.52. The molecule has 5 rings (SSSR count). The normalized spacial score (nSPS) is 16.9. The summed E-state index contributed by atoms with van der Waals surface area (Å²) in [5.41, 5.74) is -0.199. The Hall–Kier alpha value is -4.31. The van der Waals surface area contributed by atoms with Crippen LogP contribution in [0.25, 0.3) is 11.0 Å². The van der Waals surface area contributed by atoms with Crippen molar-refractivity contribution in [3.63, 3.8) is 0 Å². The number of nitrogens with one attached hydrogen (secondary N) is 1. The molecule has 2 aliphatic heterocycles. The lowest BCUT2D eigenvalue weighted by Crippen LogP contribution is -2.34. The molecule has 10 nitrogen and oxygen atoms in total. The van der Waals surface area contributed by atoms with Gasteiger partial charge in [0.05, 0.1) is 23.7 Å². The van der Waals surface area contributed by atoms with E-state index in [1.165, 1.54) is 18.2 Å². The van der Waals surface area contributed by atoms with Gasteiger partial charge in [0.25, 0.3) is 17.7 Å². The fourth-order valence-corrected chi connectivity index (χ4v) is 4.25. The molecule has 184 valence electrons. The molecule has 36 heavy (non-hydrogen) atoms. The fourth-order valence-electron chi connectivity index (χ4n) is 4.25. The van der Waals surface area contributed by atoms with Gasteiger partial charge in [-0.15, -0.1) is 0 Å². The van der Waals surface area contributed by atoms with Crippen LogP contribution in [-0.4, -0.2) is 54.4 Å². The Balaban J connectivity index is 1.21. The van der Waals surface area contributed by atoms with Crippen LogP contribution in [0.4, 0.5) is 0 Å². The Morgan fingerprint density at radius 3 is 2.47 bits per heavy atom. The molecule has 3 amide bonds. The van der Waals surface area contributed by atoms with E-state index in [0.29, 0.717) is 29.7 Å². The average molecular weight is 490 g/mol. The van der Waals surface area contributed by atoms with E-state index in [-0.39, 0.29) is 36.0 Å². The highest BCUT2D eigenvalue weighted by molar-refractivity contribution is 6.21. The third-order valence-corrected chi connectivity index (χ3v) is 6.12. The summed E-state index contributed by atoms with van der Waals surface area (Å²) in [4.78, 5) is 63.0. The van der Waals surface area contributed by atoms with Crippen molar-refractivity contribution in [2.24, 2.45) is 0 Å². The van der Waals surface area contributed by atoms with Crippen LogP contribution in [0.3, 0.4) is 0 Å². The molecule has 1 fully saturated rings. The quantitative estimate of drug-likeness (QED) is 0.231. The summed E-state index contributed by atoms with van der Waals surface area (Å²) >= 11 is 0. The molecule has 0 radical (unpaired) electrons. The van der Waals surface area contributed by atoms with E-state index >= 15 is 0 Å². The molecule has 0 spiro atoms. The zero-order chi connectivity index (χ0) is 25.2. The van der Waals surface area contributed by atoms with E-state index in [0.717, 1.165) is 17.7 Å². The summed E-state index contributed by atoms with van der Waals surface area (Å²) in [6, 6.07) is 12.3. The van der Waals surface area contributed by atoms with Gasteiger partial charge in [0, 0.05) is 31.1 Å². The zero-order valence-corrected chi connectivity index (χ0v) is 19.2. The van der Waals surface area contributed by atoms with E-state index in [2.05, 4.69) is 5.32 Å². The molecule has 10 heteroatoms. The molecule has 1 atom stereocenters. The number of carbonyl (C=O) groups excluding carboxylic acids is 4. The number of benzene rings is 2. The molecule has 0 saturated carbocycles. The van der Waals surface area contributed by atoms with Crippen LogP contribution in [0.5, 0.6) is 5.75 Å². The number of carbonyl (C=O) groups is 4. The van der Waals surface area contributed by atoms with Gasteiger partial charge >= 0.3 is 11.6 Å². The Kier molecular flexibility index (Phi) is 6.34. The lowest BCUT2D eigenvalue weighted by atomic mass is 10.1. The molecular formula is C26H22N2O8. The summed E-state index contributed by atoms with van der Waals surface area (Å²) in [6.45, 7) is 0.846. The molecule has 3 heterocycles. The summed E-state index contributed by atoms with van der Waals surface area (Å²) in [5, 5.41) is 3.16. The number of hydrogen-bond donors (Lipinski definition) is 1. The van der Waals surface area contributed by atoms with Crippen LogP contribution in [0.2, 0.25) is 0 Å². The first-order valence-electron chi connectivity index (χ1n) is 11.5. The first-order chi connectivity index (χ1) is 17.4. The summed E-state index contributed by atoms with van der Waals surface area (Å²) in [7, 11) is 0. The van der Waals surface area contributed by atoms with Gasteiger partial charge in [-0.2, -0.15) is 0 Å². The lowest BCUT2D eigenvalue weighted by molar-refractivity contribution is -0.134. The van der Waals surface area contributed by atoms with Crippen LogP contribution in [0, 0.1) is 0 Å². The van der Waals surface area contributed by atoms with Gasteiger partial charge in [-0.3, -0.25) is 24.1 Å². The Morgan fingerprint density at radius 1 is 1.03 bits per heavy atom. The summed E-state index contributed by atoms with van der Waals surface area (Å²) in [6.07, 6.45) is 1.52. The molecule has 3 aromatic rings. The van der Waals surface area contributed by atoms with Crippen molar-refractivity contribution >= 4 is 34.7 Å². The monoisotopic (exact) mass is 490 g/mol. The standard InChI is InChI=1S/C26H22N2O8/c29-22(9-10-28-24(31)18-5-1-2-6-19(18)25(28)32)35-16-8-7-15-12-20(26(33)36-21(15)13-16)23(30)27-14-17-4-3-11-34-17/h1-2,5-8,12-13,17H,3-4,9-11,14H2,(H,27,30). The number of fused-ring (bicyclic) bond motifs is 2. The number of hydrogen-bond acceptors (Lipinski definition) is 8. The van der Waals surface area contributed by atoms with Crippen LogP contribution < -0.4 is 15.7 Å². The fraction of sp³-hybridized carbons (Fsp3) is 0.269. The smallest absolute Gasteiger partial charge is 0.349 e. The van der Waals surface area contributed by atoms with Crippen molar-refractivity contribution < 1.29 is 33.1 Å². The van der Waals surface area contributed by atoms with E-state index in [9.17, 15) is 24.0 Å². The number of ether oxygens (including phenoxy) is 2. The van der Waals surface area contributed by atoms with Crippen LogP contribution in [-0.2, 0) is 9.53 Å². The molecule has 2 aromatic carbocycles. The predicted octanol–water partition coefficient (Wildman–Crippen LogP) is 2.29. The van der Waals surface area contributed by atoms with Crippen molar-refractivity contribution in [2.45, 2.75) is 25.4 Å². The van der Waals surface area contributed by atoms with Gasteiger partial charge < -0.3 is 19.2 Å². The van der Waals surface area contributed by atoms with Crippen molar-refractivity contribution in [3.05, 3.63) is 75.6 Å². The zero-order valence-electron chi connectivity index (χ0n) is 19.2. The topological polar surface area (TPSA) is 132 Å². The Labute approximate surface area is 204 Å². The van der Waals surface area contributed by atoms with E-state index in [4.69, 9.17) is 13.9 Å². The molecule has 2 aliphatic rings. The minimum absolute atomic E-state index is 0.0595. The van der Waals surface area contributed by atoms with Crippen molar-refractivity contribution in [2.75, 3.05) is 19.7 Å². The number of imide groups is 1. The molecule has 1 aromatic heterocycles. The maximum absolute atomic E-state index is 12.4. The highest BCUT2D eigenvalue weighted by Crippen LogP contribution is 2.24. The minimum Gasteiger partial charge on any atom is -0.426 e. The van der Waals surface area contributed by atoms with E-state index in [1.54, 1.807) is 30.3 Å². The van der Waals surface area contributed by atoms with Gasteiger partial charge in [-0.25, -0.2) is 4.79 Å². The molecular weight excluding hydrogens is 468 g/mol. The average Bonchev–Trinajstić information content (AvgIpc) is 3.48. The van der Waals surface area contributed by atoms with Gasteiger partial charge in [0.2, 0.25) is 0 Å². The lowest BCUT2D eigenvalue weighted by Gasteiger charge is -2.13. The van der Waals surface area contributed by atoms with Gasteiger partial charge in [-0.1, -0.05) is 12.1 Å². The molecule has 1 N–H and O–H groups in total. The van der Waals surface area contributed by atoms with Crippen molar-refractivity contribution in [1.82, 2.24) is 10.2 Å². The van der Waals surface area contributed by atoms with Gasteiger partial charge in [0.15, 0.2) is 0 Å². The maximum atomic E-state index is 12.4. The Morgan fingerprint density at radius 2 is 1.78 bits per heavy atom. The molecule has 1 unspecified atom stereocenters. The van der Waals surface area contributed by atoms with Crippen molar-refractivity contribution in [1.29, 1.82) is 0 Å². The minimum atomic E-state index is -0.818. The molecule has 0 aliphatic carbocycles. The second kappa shape index (κ2) is 9.74. The molecule has 1 saturated heterocycles. The predicted molar refractivity (Wildman–Crippen MR) is 126 cm³/mol.